The zero-order valence-corrected chi connectivity index (χ0v) is 21.9. The van der Waals surface area contributed by atoms with E-state index in [-0.39, 0.29) is 18.3 Å². The minimum absolute atomic E-state index is 0.0738. The first-order valence-electron chi connectivity index (χ1n) is 12.2. The Hall–Kier alpha value is -4.43. The van der Waals surface area contributed by atoms with E-state index in [1.807, 2.05) is 62.4 Å². The zero-order valence-electron chi connectivity index (χ0n) is 21.9. The van der Waals surface area contributed by atoms with E-state index in [1.54, 1.807) is 18.2 Å². The third kappa shape index (κ3) is 5.76. The van der Waals surface area contributed by atoms with Gasteiger partial charge in [0.2, 0.25) is 0 Å². The lowest BCUT2D eigenvalue weighted by molar-refractivity contribution is -0.140. The fourth-order valence-corrected chi connectivity index (χ4v) is 4.20. The predicted octanol–water partition coefficient (Wildman–Crippen LogP) is 5.13. The van der Waals surface area contributed by atoms with Gasteiger partial charge < -0.3 is 25.3 Å². The number of nitrogens with zero attached hydrogens (tertiary/aromatic N) is 1. The van der Waals surface area contributed by atoms with Gasteiger partial charge in [-0.1, -0.05) is 42.5 Å². The summed E-state index contributed by atoms with van der Waals surface area (Å²) in [5.41, 5.74) is 11.1. The number of ether oxygens (including phenoxy) is 2. The summed E-state index contributed by atoms with van der Waals surface area (Å²) in [5, 5.41) is 11.7. The van der Waals surface area contributed by atoms with Gasteiger partial charge in [0.1, 0.15) is 0 Å². The van der Waals surface area contributed by atoms with Gasteiger partial charge in [-0.3, -0.25) is 4.79 Å². The number of carbonyl (C=O) groups is 2. The largest absolute Gasteiger partial charge is 0.494 e. The highest BCUT2D eigenvalue weighted by molar-refractivity contribution is 6.22. The van der Waals surface area contributed by atoms with Crippen molar-refractivity contribution in [3.8, 4) is 5.88 Å². The van der Waals surface area contributed by atoms with Gasteiger partial charge in [-0.25, -0.2) is 9.79 Å². The summed E-state index contributed by atoms with van der Waals surface area (Å²) >= 11 is 0. The summed E-state index contributed by atoms with van der Waals surface area (Å²) in [5.74, 6) is -0.812. The van der Waals surface area contributed by atoms with E-state index in [1.165, 1.54) is 14.2 Å². The van der Waals surface area contributed by atoms with Gasteiger partial charge in [0, 0.05) is 28.4 Å². The first-order valence-corrected chi connectivity index (χ1v) is 12.2. The molecule has 0 amide bonds. The molecule has 4 rings (SSSR count). The standard InChI is InChI=1S/C30H31N3O5/c1-30(2,31)21-11-13-22(14-12-21)32-27(19-8-5-18(6-9-19)7-16-25(34)37-3)26-23-15-10-20(29(36)38-4)17-24(23)33-28(26)35/h5-6,8-15,17,33,35H,7,16,31H2,1-4H3. The Morgan fingerprint density at radius 2 is 1.61 bits per heavy atom. The van der Waals surface area contributed by atoms with Gasteiger partial charge >= 0.3 is 11.9 Å². The summed E-state index contributed by atoms with van der Waals surface area (Å²) in [7, 11) is 2.69. The molecule has 1 aromatic heterocycles. The first-order chi connectivity index (χ1) is 18.1. The lowest BCUT2D eigenvalue weighted by Gasteiger charge is -2.19. The maximum absolute atomic E-state index is 12.0. The van der Waals surface area contributed by atoms with Crippen molar-refractivity contribution >= 4 is 34.2 Å². The molecule has 0 saturated heterocycles. The number of fused-ring (bicyclic) bond motifs is 1. The number of carbonyl (C=O) groups excluding carboxylic acids is 2. The lowest BCUT2D eigenvalue weighted by atomic mass is 9.95. The Labute approximate surface area is 221 Å². The molecule has 0 aliphatic rings. The van der Waals surface area contributed by atoms with Crippen LogP contribution >= 0.6 is 0 Å². The van der Waals surface area contributed by atoms with Crippen LogP contribution in [0.25, 0.3) is 10.9 Å². The molecule has 0 saturated carbocycles. The molecule has 196 valence electrons. The molecular weight excluding hydrogens is 482 g/mol. The minimum Gasteiger partial charge on any atom is -0.494 e. The number of H-pyrrole nitrogens is 1. The Bertz CT molecular complexity index is 1490. The maximum atomic E-state index is 12.0. The average molecular weight is 514 g/mol. The Morgan fingerprint density at radius 1 is 0.947 bits per heavy atom. The number of aromatic amines is 1. The number of hydrogen-bond donors (Lipinski definition) is 3. The number of aromatic nitrogens is 1. The van der Waals surface area contributed by atoms with Crippen molar-refractivity contribution < 1.29 is 24.2 Å². The van der Waals surface area contributed by atoms with Crippen LogP contribution in [0.5, 0.6) is 5.88 Å². The van der Waals surface area contributed by atoms with E-state index in [2.05, 4.69) is 4.98 Å². The number of aromatic hydroxyl groups is 1. The van der Waals surface area contributed by atoms with Gasteiger partial charge in [-0.05, 0) is 55.7 Å². The second-order valence-corrected chi connectivity index (χ2v) is 9.60. The van der Waals surface area contributed by atoms with Crippen molar-refractivity contribution in [2.45, 2.75) is 32.2 Å². The van der Waals surface area contributed by atoms with Crippen LogP contribution in [0.2, 0.25) is 0 Å². The van der Waals surface area contributed by atoms with Crippen LogP contribution in [0.15, 0.2) is 71.7 Å². The van der Waals surface area contributed by atoms with Crippen LogP contribution in [-0.4, -0.2) is 42.0 Å². The lowest BCUT2D eigenvalue weighted by Crippen LogP contribution is -2.28. The minimum atomic E-state index is -0.489. The summed E-state index contributed by atoms with van der Waals surface area (Å²) in [4.78, 5) is 31.5. The van der Waals surface area contributed by atoms with Crippen molar-refractivity contribution in [2.24, 2.45) is 10.7 Å². The van der Waals surface area contributed by atoms with Crippen molar-refractivity contribution in [1.82, 2.24) is 4.98 Å². The number of esters is 2. The number of nitrogens with two attached hydrogens (primary N) is 1. The summed E-state index contributed by atoms with van der Waals surface area (Å²) in [6.07, 6.45) is 0.830. The van der Waals surface area contributed by atoms with Crippen LogP contribution in [-0.2, 0) is 26.2 Å². The van der Waals surface area contributed by atoms with E-state index in [0.29, 0.717) is 39.8 Å². The molecule has 0 fully saturated rings. The molecule has 0 aliphatic heterocycles. The average Bonchev–Trinajstić information content (AvgIpc) is 3.24. The van der Waals surface area contributed by atoms with Gasteiger partial charge in [-0.2, -0.15) is 0 Å². The van der Waals surface area contributed by atoms with Crippen molar-refractivity contribution in [3.05, 3.63) is 94.5 Å². The van der Waals surface area contributed by atoms with E-state index in [4.69, 9.17) is 20.2 Å². The molecule has 0 unspecified atom stereocenters. The Morgan fingerprint density at radius 3 is 2.21 bits per heavy atom. The SMILES string of the molecule is COC(=O)CCc1ccc(C(=Nc2ccc(C(C)(C)N)cc2)c2c(O)[nH]c3cc(C(=O)OC)ccc23)cc1. The smallest absolute Gasteiger partial charge is 0.337 e. The number of benzene rings is 3. The van der Waals surface area contributed by atoms with Gasteiger partial charge in [-0.15, -0.1) is 0 Å². The number of nitrogens with one attached hydrogen (secondary N) is 1. The van der Waals surface area contributed by atoms with Gasteiger partial charge in [0.15, 0.2) is 5.88 Å². The molecule has 8 heteroatoms. The van der Waals surface area contributed by atoms with Crippen LogP contribution in [0.3, 0.4) is 0 Å². The Balaban J connectivity index is 1.82. The molecule has 0 atom stereocenters. The van der Waals surface area contributed by atoms with Crippen LogP contribution in [0.1, 0.15) is 52.9 Å². The van der Waals surface area contributed by atoms with Gasteiger partial charge in [0.25, 0.3) is 0 Å². The summed E-state index contributed by atoms with van der Waals surface area (Å²) in [6.45, 7) is 3.87. The number of aliphatic imine (C=N–C) groups is 1. The molecule has 0 aliphatic carbocycles. The summed E-state index contributed by atoms with van der Waals surface area (Å²) in [6, 6.07) is 20.3. The summed E-state index contributed by atoms with van der Waals surface area (Å²) < 4.78 is 9.56. The fourth-order valence-electron chi connectivity index (χ4n) is 4.20. The molecule has 0 spiro atoms. The second kappa shape index (κ2) is 10.9. The first kappa shape index (κ1) is 26.6. The highest BCUT2D eigenvalue weighted by atomic mass is 16.5. The molecule has 0 radical (unpaired) electrons. The van der Waals surface area contributed by atoms with E-state index in [0.717, 1.165) is 16.7 Å². The number of aryl methyl sites for hydroxylation is 1. The molecule has 0 bridgehead atoms. The highest BCUT2D eigenvalue weighted by Crippen LogP contribution is 2.33. The second-order valence-electron chi connectivity index (χ2n) is 9.60. The molecule has 1 heterocycles. The normalized spacial score (nSPS) is 12.0. The molecule has 8 nitrogen and oxygen atoms in total. The highest BCUT2D eigenvalue weighted by Gasteiger charge is 2.21. The van der Waals surface area contributed by atoms with E-state index >= 15 is 0 Å². The van der Waals surface area contributed by atoms with E-state index in [9.17, 15) is 14.7 Å². The number of hydrogen-bond acceptors (Lipinski definition) is 7. The maximum Gasteiger partial charge on any atom is 0.337 e. The van der Waals surface area contributed by atoms with Crippen LogP contribution in [0.4, 0.5) is 5.69 Å². The number of rotatable bonds is 8. The molecule has 3 aromatic carbocycles. The third-order valence-electron chi connectivity index (χ3n) is 6.36. The van der Waals surface area contributed by atoms with Crippen molar-refractivity contribution in [2.75, 3.05) is 14.2 Å². The molecular formula is C30H31N3O5. The fraction of sp³-hybridized carbons (Fsp3) is 0.233. The van der Waals surface area contributed by atoms with Crippen molar-refractivity contribution in [1.29, 1.82) is 0 Å². The predicted molar refractivity (Wildman–Crippen MR) is 147 cm³/mol. The Kier molecular flexibility index (Phi) is 7.64. The quantitative estimate of drug-likeness (QED) is 0.221. The van der Waals surface area contributed by atoms with Gasteiger partial charge in [0.05, 0.1) is 36.7 Å². The topological polar surface area (TPSA) is 127 Å². The zero-order chi connectivity index (χ0) is 27.4. The number of methoxy groups -OCH3 is 2. The monoisotopic (exact) mass is 513 g/mol. The van der Waals surface area contributed by atoms with Crippen molar-refractivity contribution in [3.63, 3.8) is 0 Å². The molecule has 4 aromatic rings. The third-order valence-corrected chi connectivity index (χ3v) is 6.36. The van der Waals surface area contributed by atoms with Crippen LogP contribution < -0.4 is 5.73 Å². The van der Waals surface area contributed by atoms with Crippen LogP contribution in [0, 0.1) is 0 Å². The van der Waals surface area contributed by atoms with E-state index < -0.39 is 11.5 Å². The molecule has 38 heavy (non-hydrogen) atoms. The molecule has 4 N–H and O–H groups in total.